The molecule has 0 aliphatic rings. The summed E-state index contributed by atoms with van der Waals surface area (Å²) in [5.74, 6) is -0.811. The molecule has 4 nitrogen and oxygen atoms in total. The third-order valence-electron chi connectivity index (χ3n) is 2.36. The number of esters is 1. The van der Waals surface area contributed by atoms with Gasteiger partial charge in [-0.15, -0.1) is 0 Å². The lowest BCUT2D eigenvalue weighted by Gasteiger charge is -2.05. The Morgan fingerprint density at radius 1 is 1.41 bits per heavy atom. The largest absolute Gasteiger partial charge is 0.462 e. The average Bonchev–Trinajstić information content (AvgIpc) is 2.34. The highest BCUT2D eigenvalue weighted by atomic mass is 19.2. The molecule has 5 heteroatoms. The molecule has 0 aliphatic carbocycles. The van der Waals surface area contributed by atoms with Gasteiger partial charge >= 0.3 is 5.97 Å². The van der Waals surface area contributed by atoms with Gasteiger partial charge in [0.15, 0.2) is 0 Å². The van der Waals surface area contributed by atoms with Crippen molar-refractivity contribution in [3.05, 3.63) is 46.2 Å². The van der Waals surface area contributed by atoms with Gasteiger partial charge in [0.25, 0.3) is 0 Å². The van der Waals surface area contributed by atoms with Crippen molar-refractivity contribution in [3.63, 3.8) is 0 Å². The Morgan fingerprint density at radius 2 is 2.12 bits per heavy atom. The Labute approximate surface area is 96.2 Å². The molecule has 0 aliphatic heterocycles. The number of halogens is 1. The molecule has 1 aromatic carbocycles. The van der Waals surface area contributed by atoms with Gasteiger partial charge in [-0.3, -0.25) is 4.79 Å². The van der Waals surface area contributed by atoms with Crippen LogP contribution in [0, 0.1) is 0 Å². The number of carbonyl (C=O) groups is 1. The molecule has 1 heterocycles. The maximum Gasteiger partial charge on any atom is 0.343 e. The summed E-state index contributed by atoms with van der Waals surface area (Å²) in [7, 11) is 0. The third-order valence-corrected chi connectivity index (χ3v) is 2.36. The standard InChI is InChI=1S/C12H10FNO3/c1-2-17-12(16)9-7-14(13)10-6-4-3-5-8(10)11(9)15/h3-7H,2H2,1H3. The van der Waals surface area contributed by atoms with E-state index in [1.807, 2.05) is 0 Å². The van der Waals surface area contributed by atoms with Crippen LogP contribution in [0.3, 0.4) is 0 Å². The fourth-order valence-electron chi connectivity index (χ4n) is 1.59. The second-order valence-corrected chi connectivity index (χ2v) is 3.42. The lowest BCUT2D eigenvalue weighted by molar-refractivity contribution is 0.0523. The normalized spacial score (nSPS) is 10.5. The Balaban J connectivity index is 2.71. The summed E-state index contributed by atoms with van der Waals surface area (Å²) in [6.45, 7) is 1.75. The van der Waals surface area contributed by atoms with Crippen molar-refractivity contribution in [2.45, 2.75) is 6.92 Å². The predicted molar refractivity (Wildman–Crippen MR) is 60.7 cm³/mol. The summed E-state index contributed by atoms with van der Waals surface area (Å²) in [4.78, 5) is 23.6. The molecule has 1 aromatic heterocycles. The zero-order chi connectivity index (χ0) is 12.4. The summed E-state index contributed by atoms with van der Waals surface area (Å²) in [6.07, 6.45) is 0.850. The van der Waals surface area contributed by atoms with E-state index in [4.69, 9.17) is 4.74 Å². The number of rotatable bonds is 2. The molecule has 0 bridgehead atoms. The maximum atomic E-state index is 13.6. The topological polar surface area (TPSA) is 48.3 Å². The molecule has 0 saturated carbocycles. The van der Waals surface area contributed by atoms with Gasteiger partial charge in [0.05, 0.1) is 18.3 Å². The van der Waals surface area contributed by atoms with Gasteiger partial charge in [0.2, 0.25) is 5.43 Å². The first-order chi connectivity index (χ1) is 8.15. The first-order valence-corrected chi connectivity index (χ1v) is 5.13. The number of hydrogen-bond donors (Lipinski definition) is 0. The summed E-state index contributed by atoms with van der Waals surface area (Å²) >= 11 is 0. The van der Waals surface area contributed by atoms with Crippen LogP contribution in [0.5, 0.6) is 0 Å². The van der Waals surface area contributed by atoms with Crippen molar-refractivity contribution in [2.24, 2.45) is 0 Å². The van der Waals surface area contributed by atoms with Crippen LogP contribution in [-0.4, -0.2) is 17.4 Å². The number of hydrogen-bond acceptors (Lipinski definition) is 3. The minimum atomic E-state index is -0.811. The summed E-state index contributed by atoms with van der Waals surface area (Å²) in [5.41, 5.74) is -0.688. The van der Waals surface area contributed by atoms with Crippen molar-refractivity contribution >= 4 is 16.9 Å². The molecule has 88 valence electrons. The smallest absolute Gasteiger partial charge is 0.343 e. The van der Waals surface area contributed by atoms with E-state index in [1.165, 1.54) is 12.1 Å². The second-order valence-electron chi connectivity index (χ2n) is 3.42. The van der Waals surface area contributed by atoms with Gasteiger partial charge in [-0.1, -0.05) is 16.6 Å². The van der Waals surface area contributed by atoms with Crippen LogP contribution in [-0.2, 0) is 4.74 Å². The molecular weight excluding hydrogens is 225 g/mol. The van der Waals surface area contributed by atoms with Gasteiger partial charge in [-0.2, -0.15) is 4.79 Å². The van der Waals surface area contributed by atoms with Crippen LogP contribution >= 0.6 is 0 Å². The van der Waals surface area contributed by atoms with Gasteiger partial charge < -0.3 is 4.74 Å². The molecule has 0 amide bonds. The van der Waals surface area contributed by atoms with Gasteiger partial charge in [0.1, 0.15) is 5.56 Å². The van der Waals surface area contributed by atoms with E-state index in [9.17, 15) is 14.1 Å². The number of para-hydroxylation sites is 1. The Morgan fingerprint density at radius 3 is 2.82 bits per heavy atom. The first kappa shape index (κ1) is 11.3. The van der Waals surface area contributed by atoms with Gasteiger partial charge in [-0.05, 0) is 19.1 Å². The van der Waals surface area contributed by atoms with Crippen molar-refractivity contribution in [1.82, 2.24) is 4.79 Å². The summed E-state index contributed by atoms with van der Waals surface area (Å²) in [6, 6.07) is 6.16. The summed E-state index contributed by atoms with van der Waals surface area (Å²) in [5, 5.41) is 0.153. The van der Waals surface area contributed by atoms with E-state index < -0.39 is 11.4 Å². The third kappa shape index (κ3) is 1.91. The van der Waals surface area contributed by atoms with Gasteiger partial charge in [-0.25, -0.2) is 4.79 Å². The van der Waals surface area contributed by atoms with Crippen molar-refractivity contribution in [2.75, 3.05) is 6.61 Å². The average molecular weight is 235 g/mol. The van der Waals surface area contributed by atoms with E-state index in [0.717, 1.165) is 6.20 Å². The molecule has 2 aromatic rings. The van der Waals surface area contributed by atoms with E-state index in [-0.39, 0.29) is 27.9 Å². The fourth-order valence-corrected chi connectivity index (χ4v) is 1.59. The predicted octanol–water partition coefficient (Wildman–Crippen LogP) is 1.91. The van der Waals surface area contributed by atoms with Crippen LogP contribution in [0.4, 0.5) is 4.48 Å². The molecule has 0 N–H and O–H groups in total. The maximum absolute atomic E-state index is 13.6. The van der Waals surface area contributed by atoms with Crippen LogP contribution in [0.2, 0.25) is 0 Å². The van der Waals surface area contributed by atoms with Crippen LogP contribution in [0.25, 0.3) is 10.9 Å². The second kappa shape index (κ2) is 4.37. The minimum Gasteiger partial charge on any atom is -0.462 e. The lowest BCUT2D eigenvalue weighted by Crippen LogP contribution is -2.19. The zero-order valence-corrected chi connectivity index (χ0v) is 9.14. The molecular formula is C12H10FNO3. The summed E-state index contributed by atoms with van der Waals surface area (Å²) < 4.78 is 18.3. The fraction of sp³-hybridized carbons (Fsp3) is 0.167. The SMILES string of the molecule is CCOC(=O)c1cn(F)c2ccccc2c1=O. The molecule has 2 rings (SSSR count). The quantitative estimate of drug-likeness (QED) is 0.747. The van der Waals surface area contributed by atoms with Crippen molar-refractivity contribution < 1.29 is 14.0 Å². The molecule has 17 heavy (non-hydrogen) atoms. The highest BCUT2D eigenvalue weighted by Crippen LogP contribution is 2.11. The number of aromatic nitrogens is 1. The Hall–Kier alpha value is -2.17. The molecule has 0 saturated heterocycles. The number of carbonyl (C=O) groups excluding carboxylic acids is 1. The Bertz CT molecular complexity index is 633. The number of ether oxygens (including phenoxy) is 1. The molecule has 0 fully saturated rings. The Kier molecular flexibility index (Phi) is 2.91. The number of pyridine rings is 1. The highest BCUT2D eigenvalue weighted by molar-refractivity contribution is 5.93. The molecule has 0 unspecified atom stereocenters. The van der Waals surface area contributed by atoms with E-state index >= 15 is 0 Å². The van der Waals surface area contributed by atoms with E-state index in [1.54, 1.807) is 19.1 Å². The molecule has 0 spiro atoms. The molecule has 0 atom stereocenters. The number of nitrogens with zero attached hydrogens (tertiary/aromatic N) is 1. The van der Waals surface area contributed by atoms with Crippen molar-refractivity contribution in [1.29, 1.82) is 0 Å². The monoisotopic (exact) mass is 235 g/mol. The van der Waals surface area contributed by atoms with Gasteiger partial charge in [0, 0.05) is 5.39 Å². The van der Waals surface area contributed by atoms with Crippen molar-refractivity contribution in [3.8, 4) is 0 Å². The number of fused-ring (bicyclic) bond motifs is 1. The first-order valence-electron chi connectivity index (χ1n) is 5.13. The highest BCUT2D eigenvalue weighted by Gasteiger charge is 2.15. The van der Waals surface area contributed by atoms with Crippen LogP contribution < -0.4 is 5.43 Å². The number of benzene rings is 1. The molecule has 0 radical (unpaired) electrons. The van der Waals surface area contributed by atoms with Crippen LogP contribution in [0.15, 0.2) is 35.3 Å². The lowest BCUT2D eigenvalue weighted by atomic mass is 10.1. The van der Waals surface area contributed by atoms with E-state index in [2.05, 4.69) is 0 Å². The van der Waals surface area contributed by atoms with E-state index in [0.29, 0.717) is 0 Å². The minimum absolute atomic E-state index is 0.130. The zero-order valence-electron chi connectivity index (χ0n) is 9.14. The van der Waals surface area contributed by atoms with Crippen LogP contribution in [0.1, 0.15) is 17.3 Å².